The molecule has 0 saturated carbocycles. The minimum Gasteiger partial charge on any atom is -0.461 e. The molecule has 6 heteroatoms. The van der Waals surface area contributed by atoms with E-state index in [-0.39, 0.29) is 24.9 Å². The summed E-state index contributed by atoms with van der Waals surface area (Å²) in [7, 11) is 0. The topological polar surface area (TPSA) is 95.9 Å². The van der Waals surface area contributed by atoms with Crippen LogP contribution in [0.2, 0.25) is 0 Å². The summed E-state index contributed by atoms with van der Waals surface area (Å²) in [5, 5.41) is 23.6. The number of hydrogen-bond acceptors (Lipinski definition) is 5. The first-order valence-corrected chi connectivity index (χ1v) is 23.7. The van der Waals surface area contributed by atoms with Crippen molar-refractivity contribution >= 4 is 11.9 Å². The van der Waals surface area contributed by atoms with Crippen molar-refractivity contribution in [3.05, 3.63) is 72.9 Å². The first-order valence-electron chi connectivity index (χ1n) is 23.7. The summed E-state index contributed by atoms with van der Waals surface area (Å²) >= 11 is 0. The Bertz CT molecular complexity index is 1070. The summed E-state index contributed by atoms with van der Waals surface area (Å²) in [4.78, 5) is 26.0. The number of amides is 1. The number of esters is 1. The molecular weight excluding hydrogens is 707 g/mol. The zero-order valence-corrected chi connectivity index (χ0v) is 37.2. The zero-order chi connectivity index (χ0) is 41.7. The molecule has 0 aliphatic rings. The van der Waals surface area contributed by atoms with Crippen LogP contribution >= 0.6 is 0 Å². The molecule has 0 aromatic carbocycles. The highest BCUT2D eigenvalue weighted by Crippen LogP contribution is 2.16. The van der Waals surface area contributed by atoms with Gasteiger partial charge in [0.2, 0.25) is 5.91 Å². The molecule has 3 atom stereocenters. The van der Waals surface area contributed by atoms with E-state index in [1.165, 1.54) is 77.0 Å². The molecule has 0 aromatic rings. The van der Waals surface area contributed by atoms with Crippen LogP contribution in [0.4, 0.5) is 0 Å². The Balaban J connectivity index is 4.74. The van der Waals surface area contributed by atoms with Gasteiger partial charge in [0.05, 0.1) is 25.2 Å². The summed E-state index contributed by atoms with van der Waals surface area (Å²) in [5.74, 6) is -0.597. The highest BCUT2D eigenvalue weighted by molar-refractivity contribution is 5.77. The second kappa shape index (κ2) is 44.4. The van der Waals surface area contributed by atoms with Crippen molar-refractivity contribution in [2.75, 3.05) is 6.61 Å². The van der Waals surface area contributed by atoms with E-state index < -0.39 is 18.2 Å². The van der Waals surface area contributed by atoms with Crippen LogP contribution in [-0.4, -0.2) is 46.9 Å². The number of aliphatic hydroxyl groups is 2. The van der Waals surface area contributed by atoms with E-state index in [4.69, 9.17) is 4.74 Å². The molecule has 0 spiro atoms. The number of rotatable bonds is 41. The largest absolute Gasteiger partial charge is 0.461 e. The van der Waals surface area contributed by atoms with Crippen LogP contribution in [0, 0.1) is 0 Å². The van der Waals surface area contributed by atoms with Crippen molar-refractivity contribution in [1.29, 1.82) is 0 Å². The Hall–Kier alpha value is -2.70. The molecular formula is C51H89NO5. The third-order valence-corrected chi connectivity index (χ3v) is 10.3. The van der Waals surface area contributed by atoms with Gasteiger partial charge in [-0.25, -0.2) is 0 Å². The average Bonchev–Trinajstić information content (AvgIpc) is 3.20. The smallest absolute Gasteiger partial charge is 0.306 e. The Morgan fingerprint density at radius 3 is 1.54 bits per heavy atom. The number of carbonyl (C=O) groups excluding carboxylic acids is 2. The first kappa shape index (κ1) is 54.3. The molecule has 0 heterocycles. The number of ether oxygens (including phenoxy) is 1. The van der Waals surface area contributed by atoms with Crippen molar-refractivity contribution < 1.29 is 24.5 Å². The molecule has 3 N–H and O–H groups in total. The third-order valence-electron chi connectivity index (χ3n) is 10.3. The predicted molar refractivity (Wildman–Crippen MR) is 245 cm³/mol. The SMILES string of the molecule is CC/C=C\C/C=C\C/C=C\C/C=C\C/C=C\CC(CC(=O)NC(CO)C(O)CCCCCCCCCCCCCCC)OC(=O)CCCCCCC/C=C\CCC. The zero-order valence-electron chi connectivity index (χ0n) is 37.2. The lowest BCUT2D eigenvalue weighted by molar-refractivity contribution is -0.150. The van der Waals surface area contributed by atoms with Crippen molar-refractivity contribution in [3.63, 3.8) is 0 Å². The summed E-state index contributed by atoms with van der Waals surface area (Å²) in [5.41, 5.74) is 0. The van der Waals surface area contributed by atoms with Gasteiger partial charge in [0, 0.05) is 12.8 Å². The number of nitrogens with one attached hydrogen (secondary N) is 1. The van der Waals surface area contributed by atoms with Gasteiger partial charge >= 0.3 is 5.97 Å². The van der Waals surface area contributed by atoms with Crippen molar-refractivity contribution in [1.82, 2.24) is 5.32 Å². The lowest BCUT2D eigenvalue weighted by Crippen LogP contribution is -2.46. The van der Waals surface area contributed by atoms with Crippen LogP contribution in [0.25, 0.3) is 0 Å². The van der Waals surface area contributed by atoms with Gasteiger partial charge < -0.3 is 20.3 Å². The molecule has 57 heavy (non-hydrogen) atoms. The van der Waals surface area contributed by atoms with E-state index in [2.05, 4.69) is 86.8 Å². The fourth-order valence-corrected chi connectivity index (χ4v) is 6.69. The maximum atomic E-state index is 13.1. The maximum Gasteiger partial charge on any atom is 0.306 e. The molecule has 3 unspecified atom stereocenters. The Morgan fingerprint density at radius 2 is 1.02 bits per heavy atom. The predicted octanol–water partition coefficient (Wildman–Crippen LogP) is 13.8. The number of carbonyl (C=O) groups is 2. The Labute approximate surface area is 351 Å². The molecule has 0 aromatic heterocycles. The Morgan fingerprint density at radius 1 is 0.544 bits per heavy atom. The van der Waals surface area contributed by atoms with Crippen LogP contribution in [0.3, 0.4) is 0 Å². The van der Waals surface area contributed by atoms with Crippen molar-refractivity contribution in [2.45, 2.75) is 232 Å². The van der Waals surface area contributed by atoms with Gasteiger partial charge in [-0.2, -0.15) is 0 Å². The summed E-state index contributed by atoms with van der Waals surface area (Å²) in [6, 6.07) is -0.734. The standard InChI is InChI=1S/C51H89NO5/c1-4-7-10-13-16-19-22-24-25-27-28-30-33-36-39-42-47(57-51(56)44-41-38-35-32-21-18-15-12-9-6-3)45-50(55)52-48(46-53)49(54)43-40-37-34-31-29-26-23-20-17-14-11-8-5-2/h7,10,12,15-16,19,24-25,28,30,36,39,47-49,53-54H,4-6,8-9,11,13-14,17-18,20-23,26-27,29,31-35,37-38,40-46H2,1-3H3,(H,52,55)/b10-7-,15-12-,19-16-,25-24-,30-28-,39-36-. The minimum absolute atomic E-state index is 0.00639. The molecule has 0 saturated heterocycles. The second-order valence-corrected chi connectivity index (χ2v) is 15.8. The molecule has 0 aliphatic carbocycles. The summed E-state index contributed by atoms with van der Waals surface area (Å²) < 4.78 is 5.83. The third kappa shape index (κ3) is 39.9. The van der Waals surface area contributed by atoms with Gasteiger partial charge in [-0.05, 0) is 64.2 Å². The lowest BCUT2D eigenvalue weighted by Gasteiger charge is -2.24. The minimum atomic E-state index is -0.814. The van der Waals surface area contributed by atoms with E-state index in [9.17, 15) is 19.8 Å². The van der Waals surface area contributed by atoms with Gasteiger partial charge in [-0.15, -0.1) is 0 Å². The number of aliphatic hydroxyl groups excluding tert-OH is 2. The fraction of sp³-hybridized carbons (Fsp3) is 0.725. The average molecular weight is 796 g/mol. The van der Waals surface area contributed by atoms with E-state index in [1.807, 2.05) is 12.2 Å². The van der Waals surface area contributed by atoms with Gasteiger partial charge in [0.25, 0.3) is 0 Å². The molecule has 0 rings (SSSR count). The van der Waals surface area contributed by atoms with Crippen LogP contribution in [-0.2, 0) is 14.3 Å². The van der Waals surface area contributed by atoms with Crippen LogP contribution in [0.1, 0.15) is 213 Å². The molecule has 6 nitrogen and oxygen atoms in total. The summed E-state index contributed by atoms with van der Waals surface area (Å²) in [6.07, 6.45) is 55.5. The van der Waals surface area contributed by atoms with E-state index in [0.717, 1.165) is 89.9 Å². The summed E-state index contributed by atoms with van der Waals surface area (Å²) in [6.45, 7) is 6.26. The van der Waals surface area contributed by atoms with Gasteiger partial charge in [-0.3, -0.25) is 9.59 Å². The molecule has 328 valence electrons. The normalized spacial score (nSPS) is 14.0. The van der Waals surface area contributed by atoms with E-state index >= 15 is 0 Å². The number of allylic oxidation sites excluding steroid dienone is 11. The Kier molecular flexibility index (Phi) is 42.3. The molecule has 0 aliphatic heterocycles. The second-order valence-electron chi connectivity index (χ2n) is 15.8. The molecule has 1 amide bonds. The number of unbranched alkanes of at least 4 members (excludes halogenated alkanes) is 18. The highest BCUT2D eigenvalue weighted by Gasteiger charge is 2.23. The van der Waals surface area contributed by atoms with Crippen LogP contribution < -0.4 is 5.32 Å². The molecule has 0 radical (unpaired) electrons. The van der Waals surface area contributed by atoms with E-state index in [1.54, 1.807) is 0 Å². The van der Waals surface area contributed by atoms with Gasteiger partial charge in [0.15, 0.2) is 0 Å². The van der Waals surface area contributed by atoms with Crippen LogP contribution in [0.5, 0.6) is 0 Å². The van der Waals surface area contributed by atoms with Crippen molar-refractivity contribution in [2.24, 2.45) is 0 Å². The van der Waals surface area contributed by atoms with Gasteiger partial charge in [0.1, 0.15) is 6.10 Å². The quantitative estimate of drug-likeness (QED) is 0.0325. The monoisotopic (exact) mass is 796 g/mol. The van der Waals surface area contributed by atoms with Gasteiger partial charge in [-0.1, -0.05) is 203 Å². The molecule has 0 fully saturated rings. The fourth-order valence-electron chi connectivity index (χ4n) is 6.69. The molecule has 0 bridgehead atoms. The van der Waals surface area contributed by atoms with Crippen molar-refractivity contribution in [3.8, 4) is 0 Å². The lowest BCUT2D eigenvalue weighted by atomic mass is 10.0. The van der Waals surface area contributed by atoms with E-state index in [0.29, 0.717) is 19.3 Å². The first-order chi connectivity index (χ1) is 28.0. The number of hydrogen-bond donors (Lipinski definition) is 3. The highest BCUT2D eigenvalue weighted by atomic mass is 16.5. The maximum absolute atomic E-state index is 13.1. The van der Waals surface area contributed by atoms with Crippen LogP contribution in [0.15, 0.2) is 72.9 Å².